The molecular weight excluding hydrogens is 364 g/mol. The molecule has 0 aliphatic rings. The number of hydrogen-bond acceptors (Lipinski definition) is 5. The van der Waals surface area contributed by atoms with Crippen molar-refractivity contribution < 1.29 is 13.2 Å². The molecule has 0 heterocycles. The Morgan fingerprint density at radius 1 is 0.889 bits per heavy atom. The molecule has 2 aromatic carbocycles. The normalized spacial score (nSPS) is 11.6. The summed E-state index contributed by atoms with van der Waals surface area (Å²) in [5.41, 5.74) is 2.04. The fourth-order valence-corrected chi connectivity index (χ4v) is 3.19. The number of likely N-dealkylation sites (N-methyl/N-ethyl adjacent to an activating group) is 1. The lowest BCUT2D eigenvalue weighted by atomic mass is 10.2. The Morgan fingerprint density at radius 2 is 1.44 bits per heavy atom. The van der Waals surface area contributed by atoms with Gasteiger partial charge < -0.3 is 15.5 Å². The Bertz CT molecular complexity index is 861. The van der Waals surface area contributed by atoms with Crippen LogP contribution in [0.2, 0.25) is 0 Å². The number of carbonyl (C=O) groups is 1. The van der Waals surface area contributed by atoms with E-state index in [4.69, 9.17) is 0 Å². The lowest BCUT2D eigenvalue weighted by Gasteiger charge is -2.12. The topological polar surface area (TPSA) is 81.7 Å². The molecule has 1 amide bonds. The van der Waals surface area contributed by atoms with Gasteiger partial charge in [0.05, 0.1) is 4.90 Å². The quantitative estimate of drug-likeness (QED) is 0.722. The van der Waals surface area contributed by atoms with Crippen LogP contribution in [0.4, 0.5) is 11.4 Å². The van der Waals surface area contributed by atoms with Crippen LogP contribution in [0.3, 0.4) is 0 Å². The van der Waals surface area contributed by atoms with Gasteiger partial charge in [-0.1, -0.05) is 0 Å². The molecule has 0 saturated carbocycles. The van der Waals surface area contributed by atoms with Crippen LogP contribution >= 0.6 is 0 Å². The Balaban J connectivity index is 1.99. The summed E-state index contributed by atoms with van der Waals surface area (Å²) in [6.45, 7) is 1.76. The summed E-state index contributed by atoms with van der Waals surface area (Å²) < 4.78 is 25.3. The SMILES string of the molecule is CN(C)CCNc1ccc(NC(=O)c2ccc(S(=O)(=O)N(C)C)cc2)cc1. The maximum absolute atomic E-state index is 12.3. The monoisotopic (exact) mass is 390 g/mol. The number of carbonyl (C=O) groups excluding carboxylic acids is 1. The van der Waals surface area contributed by atoms with Crippen molar-refractivity contribution in [3.8, 4) is 0 Å². The minimum Gasteiger partial charge on any atom is -0.384 e. The van der Waals surface area contributed by atoms with Crippen molar-refractivity contribution in [1.82, 2.24) is 9.21 Å². The van der Waals surface area contributed by atoms with E-state index >= 15 is 0 Å². The fraction of sp³-hybridized carbons (Fsp3) is 0.316. The van der Waals surface area contributed by atoms with Gasteiger partial charge in [-0.05, 0) is 62.6 Å². The first-order valence-electron chi connectivity index (χ1n) is 8.53. The number of amides is 1. The molecule has 8 heteroatoms. The highest BCUT2D eigenvalue weighted by Crippen LogP contribution is 2.17. The predicted molar refractivity (Wildman–Crippen MR) is 109 cm³/mol. The Morgan fingerprint density at radius 3 is 1.96 bits per heavy atom. The standard InChI is InChI=1S/C19H26N4O3S/c1-22(2)14-13-20-16-7-9-17(10-8-16)21-19(24)15-5-11-18(12-6-15)27(25,26)23(3)4/h5-12,20H,13-14H2,1-4H3,(H,21,24). The van der Waals surface area contributed by atoms with Crippen LogP contribution in [-0.2, 0) is 10.0 Å². The van der Waals surface area contributed by atoms with E-state index in [1.807, 2.05) is 38.4 Å². The van der Waals surface area contributed by atoms with Gasteiger partial charge in [-0.25, -0.2) is 12.7 Å². The molecule has 0 fully saturated rings. The summed E-state index contributed by atoms with van der Waals surface area (Å²) >= 11 is 0. The lowest BCUT2D eigenvalue weighted by molar-refractivity contribution is 0.102. The zero-order valence-corrected chi connectivity index (χ0v) is 16.9. The van der Waals surface area contributed by atoms with Gasteiger partial charge in [0.2, 0.25) is 10.0 Å². The zero-order valence-electron chi connectivity index (χ0n) is 16.1. The molecule has 0 radical (unpaired) electrons. The third kappa shape index (κ3) is 5.78. The van der Waals surface area contributed by atoms with E-state index in [1.165, 1.54) is 38.4 Å². The Kier molecular flexibility index (Phi) is 6.95. The summed E-state index contributed by atoms with van der Waals surface area (Å²) in [7, 11) is 3.46. The number of sulfonamides is 1. The molecule has 2 aromatic rings. The van der Waals surface area contributed by atoms with Crippen molar-refractivity contribution in [3.63, 3.8) is 0 Å². The number of nitrogens with zero attached hydrogens (tertiary/aromatic N) is 2. The van der Waals surface area contributed by atoms with Gasteiger partial charge in [-0.15, -0.1) is 0 Å². The van der Waals surface area contributed by atoms with Crippen LogP contribution in [0.1, 0.15) is 10.4 Å². The molecule has 0 unspecified atom stereocenters. The van der Waals surface area contributed by atoms with E-state index < -0.39 is 10.0 Å². The minimum absolute atomic E-state index is 0.150. The smallest absolute Gasteiger partial charge is 0.255 e. The van der Waals surface area contributed by atoms with Crippen LogP contribution in [0.25, 0.3) is 0 Å². The summed E-state index contributed by atoms with van der Waals surface area (Å²) in [6, 6.07) is 13.3. The predicted octanol–water partition coefficient (Wildman–Crippen LogP) is 2.16. The van der Waals surface area contributed by atoms with Crippen LogP contribution in [0, 0.1) is 0 Å². The molecular formula is C19H26N4O3S. The van der Waals surface area contributed by atoms with E-state index in [9.17, 15) is 13.2 Å². The molecule has 0 spiro atoms. The van der Waals surface area contributed by atoms with Crippen molar-refractivity contribution >= 4 is 27.3 Å². The van der Waals surface area contributed by atoms with Gasteiger partial charge in [0.1, 0.15) is 0 Å². The van der Waals surface area contributed by atoms with Crippen LogP contribution < -0.4 is 10.6 Å². The van der Waals surface area contributed by atoms with Crippen molar-refractivity contribution in [2.75, 3.05) is 51.9 Å². The van der Waals surface area contributed by atoms with Gasteiger partial charge in [-0.3, -0.25) is 4.79 Å². The number of benzene rings is 2. The van der Waals surface area contributed by atoms with Gasteiger partial charge in [-0.2, -0.15) is 0 Å². The second-order valence-electron chi connectivity index (χ2n) is 6.57. The molecule has 0 saturated heterocycles. The second-order valence-corrected chi connectivity index (χ2v) is 8.73. The molecule has 2 rings (SSSR count). The highest BCUT2D eigenvalue weighted by molar-refractivity contribution is 7.89. The van der Waals surface area contributed by atoms with Gasteiger partial charge in [0, 0.05) is 44.1 Å². The molecule has 27 heavy (non-hydrogen) atoms. The van der Waals surface area contributed by atoms with Gasteiger partial charge in [0.15, 0.2) is 0 Å². The molecule has 7 nitrogen and oxygen atoms in total. The minimum atomic E-state index is -3.50. The molecule has 0 aliphatic carbocycles. The summed E-state index contributed by atoms with van der Waals surface area (Å²) in [5.74, 6) is -0.294. The first kappa shape index (κ1) is 20.9. The maximum Gasteiger partial charge on any atom is 0.255 e. The van der Waals surface area contributed by atoms with E-state index in [-0.39, 0.29) is 10.8 Å². The van der Waals surface area contributed by atoms with E-state index in [0.29, 0.717) is 11.3 Å². The highest BCUT2D eigenvalue weighted by Gasteiger charge is 2.17. The van der Waals surface area contributed by atoms with E-state index in [2.05, 4.69) is 15.5 Å². The zero-order chi connectivity index (χ0) is 20.0. The van der Waals surface area contributed by atoms with Crippen LogP contribution in [-0.4, -0.2) is 64.8 Å². The lowest BCUT2D eigenvalue weighted by Crippen LogP contribution is -2.22. The first-order valence-corrected chi connectivity index (χ1v) is 9.97. The van der Waals surface area contributed by atoms with Crippen molar-refractivity contribution in [3.05, 3.63) is 54.1 Å². The number of anilines is 2. The summed E-state index contributed by atoms with van der Waals surface area (Å²) in [5, 5.41) is 6.11. The molecule has 0 atom stereocenters. The average Bonchev–Trinajstić information content (AvgIpc) is 2.63. The molecule has 0 aliphatic heterocycles. The Hall–Kier alpha value is -2.42. The number of hydrogen-bond donors (Lipinski definition) is 2. The van der Waals surface area contributed by atoms with E-state index in [0.717, 1.165) is 23.1 Å². The second kappa shape index (κ2) is 8.98. The van der Waals surface area contributed by atoms with E-state index in [1.54, 1.807) is 0 Å². The summed E-state index contributed by atoms with van der Waals surface area (Å²) in [4.78, 5) is 14.6. The third-order valence-electron chi connectivity index (χ3n) is 3.93. The Labute approximate surface area is 161 Å². The number of nitrogens with one attached hydrogen (secondary N) is 2. The van der Waals surface area contributed by atoms with Crippen LogP contribution in [0.15, 0.2) is 53.4 Å². The highest BCUT2D eigenvalue weighted by atomic mass is 32.2. The summed E-state index contributed by atoms with van der Waals surface area (Å²) in [6.07, 6.45) is 0. The van der Waals surface area contributed by atoms with Crippen LogP contribution in [0.5, 0.6) is 0 Å². The molecule has 0 aromatic heterocycles. The maximum atomic E-state index is 12.3. The largest absolute Gasteiger partial charge is 0.384 e. The van der Waals surface area contributed by atoms with Gasteiger partial charge in [0.25, 0.3) is 5.91 Å². The fourth-order valence-electron chi connectivity index (χ4n) is 2.29. The molecule has 0 bridgehead atoms. The van der Waals surface area contributed by atoms with Crippen molar-refractivity contribution in [2.24, 2.45) is 0 Å². The average molecular weight is 391 g/mol. The van der Waals surface area contributed by atoms with Crippen molar-refractivity contribution in [2.45, 2.75) is 4.90 Å². The number of rotatable bonds is 8. The first-order chi connectivity index (χ1) is 12.7. The van der Waals surface area contributed by atoms with Crippen molar-refractivity contribution in [1.29, 1.82) is 0 Å². The molecule has 146 valence electrons. The molecule has 2 N–H and O–H groups in total. The third-order valence-corrected chi connectivity index (χ3v) is 5.76. The van der Waals surface area contributed by atoms with Gasteiger partial charge >= 0.3 is 0 Å².